The van der Waals surface area contributed by atoms with E-state index in [2.05, 4.69) is 0 Å². The second-order valence-electron chi connectivity index (χ2n) is 2.75. The zero-order valence-electron chi connectivity index (χ0n) is 6.53. The lowest BCUT2D eigenvalue weighted by Crippen LogP contribution is -2.25. The second-order valence-corrected chi connectivity index (χ2v) is 2.75. The van der Waals surface area contributed by atoms with Crippen molar-refractivity contribution in [2.75, 3.05) is 0 Å². The van der Waals surface area contributed by atoms with E-state index in [1.54, 1.807) is 12.1 Å². The van der Waals surface area contributed by atoms with Gasteiger partial charge >= 0.3 is 0 Å². The van der Waals surface area contributed by atoms with Gasteiger partial charge < -0.3 is 10.9 Å². The number of pyridine rings is 1. The lowest BCUT2D eigenvalue weighted by molar-refractivity contribution is -0.605. The van der Waals surface area contributed by atoms with Crippen LogP contribution in [0.15, 0.2) is 24.5 Å². The Balaban J connectivity index is 2.66. The van der Waals surface area contributed by atoms with Crippen LogP contribution in [0.2, 0.25) is 0 Å². The Hall–Kier alpha value is -1.09. The summed E-state index contributed by atoms with van der Waals surface area (Å²) < 4.78 is 0.769. The van der Waals surface area contributed by atoms with Crippen LogP contribution in [0, 0.1) is 5.21 Å². The van der Waals surface area contributed by atoms with Gasteiger partial charge in [-0.3, -0.25) is 0 Å². The first kappa shape index (κ1) is 8.01. The second kappa shape index (κ2) is 3.34. The number of nitrogens with zero attached hydrogens (tertiary/aromatic N) is 1. The topological polar surface area (TPSA) is 53.0 Å². The van der Waals surface area contributed by atoms with Crippen LogP contribution in [0.5, 0.6) is 0 Å². The van der Waals surface area contributed by atoms with Crippen LogP contribution in [0.1, 0.15) is 12.5 Å². The summed E-state index contributed by atoms with van der Waals surface area (Å²) in [4.78, 5) is 0. The van der Waals surface area contributed by atoms with Gasteiger partial charge in [-0.05, 0) is 18.9 Å². The molecule has 1 heterocycles. The van der Waals surface area contributed by atoms with Gasteiger partial charge in [-0.2, -0.15) is 4.73 Å². The SMILES string of the molecule is CC(N)Cc1cc[n+]([O-])cc1. The van der Waals surface area contributed by atoms with Gasteiger partial charge in [0, 0.05) is 18.2 Å². The first-order chi connectivity index (χ1) is 5.18. The summed E-state index contributed by atoms with van der Waals surface area (Å²) >= 11 is 0. The number of rotatable bonds is 2. The third-order valence-corrected chi connectivity index (χ3v) is 1.43. The highest BCUT2D eigenvalue weighted by Gasteiger charge is 1.97. The molecular weight excluding hydrogens is 140 g/mol. The van der Waals surface area contributed by atoms with Gasteiger partial charge in [0.05, 0.1) is 0 Å². The molecule has 0 amide bonds. The third kappa shape index (κ3) is 2.55. The molecule has 60 valence electrons. The van der Waals surface area contributed by atoms with Crippen LogP contribution in [-0.2, 0) is 6.42 Å². The summed E-state index contributed by atoms with van der Waals surface area (Å²) in [7, 11) is 0. The van der Waals surface area contributed by atoms with Crippen molar-refractivity contribution >= 4 is 0 Å². The van der Waals surface area contributed by atoms with Gasteiger partial charge in [0.2, 0.25) is 0 Å². The van der Waals surface area contributed by atoms with Crippen molar-refractivity contribution in [2.45, 2.75) is 19.4 Å². The van der Waals surface area contributed by atoms with E-state index in [0.717, 1.165) is 16.7 Å². The van der Waals surface area contributed by atoms with E-state index >= 15 is 0 Å². The van der Waals surface area contributed by atoms with Crippen molar-refractivity contribution in [1.29, 1.82) is 0 Å². The Kier molecular flexibility index (Phi) is 2.44. The molecule has 0 spiro atoms. The third-order valence-electron chi connectivity index (χ3n) is 1.43. The average molecular weight is 152 g/mol. The highest BCUT2D eigenvalue weighted by molar-refractivity contribution is 5.08. The minimum atomic E-state index is 0.150. The van der Waals surface area contributed by atoms with Crippen LogP contribution >= 0.6 is 0 Å². The molecule has 0 aromatic carbocycles. The maximum atomic E-state index is 10.6. The van der Waals surface area contributed by atoms with E-state index in [0.29, 0.717) is 0 Å². The van der Waals surface area contributed by atoms with Crippen LogP contribution < -0.4 is 10.5 Å². The minimum Gasteiger partial charge on any atom is -0.619 e. The molecule has 0 aliphatic rings. The number of aromatic nitrogens is 1. The molecule has 0 bridgehead atoms. The molecule has 3 heteroatoms. The van der Waals surface area contributed by atoms with Crippen LogP contribution in [-0.4, -0.2) is 6.04 Å². The molecule has 1 aromatic rings. The Morgan fingerprint density at radius 1 is 1.55 bits per heavy atom. The summed E-state index contributed by atoms with van der Waals surface area (Å²) in [5.74, 6) is 0. The van der Waals surface area contributed by atoms with Crippen molar-refractivity contribution in [2.24, 2.45) is 5.73 Å². The Labute approximate surface area is 66.0 Å². The first-order valence-corrected chi connectivity index (χ1v) is 3.62. The molecule has 0 saturated carbocycles. The van der Waals surface area contributed by atoms with Crippen LogP contribution in [0.3, 0.4) is 0 Å². The van der Waals surface area contributed by atoms with Gasteiger partial charge in [0.1, 0.15) is 0 Å². The first-order valence-electron chi connectivity index (χ1n) is 3.62. The summed E-state index contributed by atoms with van der Waals surface area (Å²) in [5, 5.41) is 10.6. The fourth-order valence-electron chi connectivity index (χ4n) is 0.952. The Bertz CT molecular complexity index is 218. The summed E-state index contributed by atoms with van der Waals surface area (Å²) in [6, 6.07) is 3.73. The van der Waals surface area contributed by atoms with Crippen molar-refractivity contribution in [1.82, 2.24) is 0 Å². The molecule has 0 aliphatic heterocycles. The molecule has 11 heavy (non-hydrogen) atoms. The van der Waals surface area contributed by atoms with Crippen LogP contribution in [0.4, 0.5) is 0 Å². The van der Waals surface area contributed by atoms with Gasteiger partial charge in [0.25, 0.3) is 0 Å². The normalized spacial score (nSPS) is 12.9. The van der Waals surface area contributed by atoms with Gasteiger partial charge in [-0.25, -0.2) is 0 Å². The van der Waals surface area contributed by atoms with E-state index in [1.807, 2.05) is 6.92 Å². The maximum Gasteiger partial charge on any atom is 0.180 e. The molecule has 0 radical (unpaired) electrons. The largest absolute Gasteiger partial charge is 0.619 e. The smallest absolute Gasteiger partial charge is 0.180 e. The van der Waals surface area contributed by atoms with Crippen molar-refractivity contribution in [3.05, 3.63) is 35.3 Å². The fraction of sp³-hybridized carbons (Fsp3) is 0.375. The molecule has 1 unspecified atom stereocenters. The molecule has 0 aliphatic carbocycles. The number of hydrogen-bond acceptors (Lipinski definition) is 2. The Morgan fingerprint density at radius 3 is 2.55 bits per heavy atom. The minimum absolute atomic E-state index is 0.150. The van der Waals surface area contributed by atoms with E-state index in [1.165, 1.54) is 12.4 Å². The predicted octanol–water partition coefficient (Wildman–Crippen LogP) is 0.210. The summed E-state index contributed by atoms with van der Waals surface area (Å²) in [6.45, 7) is 1.94. The quantitative estimate of drug-likeness (QED) is 0.486. The molecule has 0 fully saturated rings. The highest BCUT2D eigenvalue weighted by atomic mass is 16.5. The number of nitrogens with two attached hydrogens (primary N) is 1. The molecule has 2 N–H and O–H groups in total. The molecule has 1 atom stereocenters. The zero-order chi connectivity index (χ0) is 8.27. The van der Waals surface area contributed by atoms with Crippen molar-refractivity contribution in [3.8, 4) is 0 Å². The summed E-state index contributed by atoms with van der Waals surface area (Å²) in [6.07, 6.45) is 3.79. The summed E-state index contributed by atoms with van der Waals surface area (Å²) in [5.41, 5.74) is 6.68. The lowest BCUT2D eigenvalue weighted by atomic mass is 10.1. The van der Waals surface area contributed by atoms with Gasteiger partial charge in [-0.15, -0.1) is 0 Å². The molecule has 3 nitrogen and oxygen atoms in total. The van der Waals surface area contributed by atoms with Gasteiger partial charge in [-0.1, -0.05) is 0 Å². The fourth-order valence-corrected chi connectivity index (χ4v) is 0.952. The predicted molar refractivity (Wildman–Crippen MR) is 42.8 cm³/mol. The molecule has 0 saturated heterocycles. The zero-order valence-corrected chi connectivity index (χ0v) is 6.53. The van der Waals surface area contributed by atoms with E-state index < -0.39 is 0 Å². The Morgan fingerprint density at radius 2 is 2.09 bits per heavy atom. The van der Waals surface area contributed by atoms with E-state index in [9.17, 15) is 5.21 Å². The molecule has 1 aromatic heterocycles. The molecule has 1 rings (SSSR count). The molecular formula is C8H12N2O. The van der Waals surface area contributed by atoms with Crippen LogP contribution in [0.25, 0.3) is 0 Å². The van der Waals surface area contributed by atoms with E-state index in [4.69, 9.17) is 5.73 Å². The van der Waals surface area contributed by atoms with E-state index in [-0.39, 0.29) is 6.04 Å². The average Bonchev–Trinajstić information content (AvgIpc) is 1.93. The van der Waals surface area contributed by atoms with Crippen molar-refractivity contribution in [3.63, 3.8) is 0 Å². The highest BCUT2D eigenvalue weighted by Crippen LogP contribution is 1.97. The maximum absolute atomic E-state index is 10.6. The monoisotopic (exact) mass is 152 g/mol. The van der Waals surface area contributed by atoms with Crippen molar-refractivity contribution < 1.29 is 4.73 Å². The lowest BCUT2D eigenvalue weighted by Gasteiger charge is -2.03. The standard InChI is InChI=1S/C8H12N2O/c1-7(9)6-8-2-4-10(11)5-3-8/h2-5,7H,6,9H2,1H3. The number of hydrogen-bond donors (Lipinski definition) is 1. The van der Waals surface area contributed by atoms with Gasteiger partial charge in [0.15, 0.2) is 12.4 Å².